The average molecular weight is 222 g/mol. The number of carbonyl (C=O) groups excluding carboxylic acids is 1. The standard InChI is InChI=1S/C11H14N2O3/c1-3-4-5-6-16-11(14)9-7-12-8-10(13-9)15-2/h3,7-8H,1,4-6H2,2H3. The van der Waals surface area contributed by atoms with Gasteiger partial charge >= 0.3 is 5.97 Å². The lowest BCUT2D eigenvalue weighted by atomic mass is 10.3. The molecule has 0 aromatic carbocycles. The molecule has 16 heavy (non-hydrogen) atoms. The highest BCUT2D eigenvalue weighted by atomic mass is 16.5. The third kappa shape index (κ3) is 3.68. The van der Waals surface area contributed by atoms with E-state index in [0.29, 0.717) is 12.5 Å². The molecule has 0 bridgehead atoms. The molecule has 0 N–H and O–H groups in total. The number of carbonyl (C=O) groups is 1. The van der Waals surface area contributed by atoms with Crippen LogP contribution in [0.1, 0.15) is 23.3 Å². The van der Waals surface area contributed by atoms with Crippen molar-refractivity contribution >= 4 is 5.97 Å². The Kier molecular flexibility index (Phi) is 4.98. The molecule has 0 aliphatic carbocycles. The topological polar surface area (TPSA) is 61.3 Å². The van der Waals surface area contributed by atoms with Gasteiger partial charge in [-0.1, -0.05) is 6.08 Å². The van der Waals surface area contributed by atoms with E-state index in [2.05, 4.69) is 16.5 Å². The summed E-state index contributed by atoms with van der Waals surface area (Å²) in [6.07, 6.45) is 6.12. The third-order valence-corrected chi connectivity index (χ3v) is 1.82. The van der Waals surface area contributed by atoms with E-state index in [1.54, 1.807) is 6.08 Å². The lowest BCUT2D eigenvalue weighted by molar-refractivity contribution is 0.0493. The van der Waals surface area contributed by atoms with Crippen molar-refractivity contribution in [1.82, 2.24) is 9.97 Å². The Morgan fingerprint density at radius 3 is 3.06 bits per heavy atom. The second-order valence-electron chi connectivity index (χ2n) is 3.01. The number of nitrogens with zero attached hydrogens (tertiary/aromatic N) is 2. The fourth-order valence-electron chi connectivity index (χ4n) is 1.01. The molecule has 5 heteroatoms. The maximum Gasteiger partial charge on any atom is 0.358 e. The lowest BCUT2D eigenvalue weighted by Crippen LogP contribution is -2.09. The number of methoxy groups -OCH3 is 1. The third-order valence-electron chi connectivity index (χ3n) is 1.82. The molecule has 0 aliphatic rings. The van der Waals surface area contributed by atoms with Gasteiger partial charge in [-0.15, -0.1) is 6.58 Å². The van der Waals surface area contributed by atoms with Crippen molar-refractivity contribution in [2.45, 2.75) is 12.8 Å². The zero-order valence-electron chi connectivity index (χ0n) is 9.18. The highest BCUT2D eigenvalue weighted by molar-refractivity contribution is 5.86. The highest BCUT2D eigenvalue weighted by Crippen LogP contribution is 2.05. The Bertz CT molecular complexity index is 366. The molecule has 1 heterocycles. The van der Waals surface area contributed by atoms with Gasteiger partial charge in [-0.2, -0.15) is 0 Å². The van der Waals surface area contributed by atoms with E-state index in [4.69, 9.17) is 9.47 Å². The van der Waals surface area contributed by atoms with Gasteiger partial charge in [0.1, 0.15) is 0 Å². The molecule has 1 aromatic rings. The number of hydrogen-bond acceptors (Lipinski definition) is 5. The Morgan fingerprint density at radius 2 is 2.38 bits per heavy atom. The van der Waals surface area contributed by atoms with E-state index in [1.165, 1.54) is 19.5 Å². The second kappa shape index (κ2) is 6.55. The van der Waals surface area contributed by atoms with Crippen LogP contribution >= 0.6 is 0 Å². The molecule has 0 amide bonds. The molecule has 86 valence electrons. The van der Waals surface area contributed by atoms with Gasteiger partial charge in [0.05, 0.1) is 26.1 Å². The van der Waals surface area contributed by atoms with E-state index in [9.17, 15) is 4.79 Å². The number of rotatable bonds is 6. The maximum atomic E-state index is 11.5. The summed E-state index contributed by atoms with van der Waals surface area (Å²) in [5.41, 5.74) is 0.151. The number of unbranched alkanes of at least 4 members (excludes halogenated alkanes) is 1. The van der Waals surface area contributed by atoms with Crippen LogP contribution in [0.5, 0.6) is 5.88 Å². The quantitative estimate of drug-likeness (QED) is 0.415. The van der Waals surface area contributed by atoms with E-state index in [-0.39, 0.29) is 5.69 Å². The normalized spacial score (nSPS) is 9.56. The van der Waals surface area contributed by atoms with Crippen LogP contribution in [0, 0.1) is 0 Å². The van der Waals surface area contributed by atoms with E-state index in [0.717, 1.165) is 12.8 Å². The monoisotopic (exact) mass is 222 g/mol. The number of aromatic nitrogens is 2. The second-order valence-corrected chi connectivity index (χ2v) is 3.01. The lowest BCUT2D eigenvalue weighted by Gasteiger charge is -2.03. The van der Waals surface area contributed by atoms with Gasteiger partial charge in [-0.25, -0.2) is 9.78 Å². The van der Waals surface area contributed by atoms with Crippen molar-refractivity contribution in [1.29, 1.82) is 0 Å². The summed E-state index contributed by atoms with van der Waals surface area (Å²) in [7, 11) is 1.46. The van der Waals surface area contributed by atoms with Crippen LogP contribution in [0.2, 0.25) is 0 Å². The first-order chi connectivity index (χ1) is 7.77. The van der Waals surface area contributed by atoms with Crippen molar-refractivity contribution in [3.05, 3.63) is 30.7 Å². The molecule has 0 saturated carbocycles. The number of esters is 1. The zero-order chi connectivity index (χ0) is 11.8. The number of allylic oxidation sites excluding steroid dienone is 1. The van der Waals surface area contributed by atoms with Gasteiger partial charge in [-0.3, -0.25) is 4.98 Å². The van der Waals surface area contributed by atoms with E-state index in [1.807, 2.05) is 0 Å². The Morgan fingerprint density at radius 1 is 1.56 bits per heavy atom. The van der Waals surface area contributed by atoms with Crippen LogP contribution in [-0.4, -0.2) is 29.7 Å². The largest absolute Gasteiger partial charge is 0.480 e. The Labute approximate surface area is 94.1 Å². The van der Waals surface area contributed by atoms with Gasteiger partial charge in [-0.05, 0) is 12.8 Å². The Hall–Kier alpha value is -1.91. The molecule has 5 nitrogen and oxygen atoms in total. The van der Waals surface area contributed by atoms with Crippen LogP contribution in [0.15, 0.2) is 25.0 Å². The van der Waals surface area contributed by atoms with Gasteiger partial charge in [0, 0.05) is 0 Å². The van der Waals surface area contributed by atoms with Crippen LogP contribution in [0.4, 0.5) is 0 Å². The van der Waals surface area contributed by atoms with Crippen LogP contribution in [-0.2, 0) is 4.74 Å². The summed E-state index contributed by atoms with van der Waals surface area (Å²) in [6.45, 7) is 3.93. The summed E-state index contributed by atoms with van der Waals surface area (Å²) in [4.78, 5) is 19.2. The predicted molar refractivity (Wildman–Crippen MR) is 58.3 cm³/mol. The molecule has 0 atom stereocenters. The van der Waals surface area contributed by atoms with Crippen LogP contribution in [0.25, 0.3) is 0 Å². The van der Waals surface area contributed by atoms with Gasteiger partial charge in [0.2, 0.25) is 5.88 Å². The van der Waals surface area contributed by atoms with Gasteiger partial charge in [0.15, 0.2) is 5.69 Å². The molecule has 0 spiro atoms. The van der Waals surface area contributed by atoms with Crippen molar-refractivity contribution < 1.29 is 14.3 Å². The Balaban J connectivity index is 2.48. The first kappa shape index (κ1) is 12.2. The minimum absolute atomic E-state index is 0.151. The summed E-state index contributed by atoms with van der Waals surface area (Å²) in [5, 5.41) is 0. The summed E-state index contributed by atoms with van der Waals surface area (Å²) in [6, 6.07) is 0. The van der Waals surface area contributed by atoms with Crippen molar-refractivity contribution in [3.8, 4) is 5.88 Å². The van der Waals surface area contributed by atoms with Crippen molar-refractivity contribution in [2.24, 2.45) is 0 Å². The molecule has 0 aliphatic heterocycles. The average Bonchev–Trinajstić information content (AvgIpc) is 2.34. The fraction of sp³-hybridized carbons (Fsp3) is 0.364. The first-order valence-electron chi connectivity index (χ1n) is 4.92. The fourth-order valence-corrected chi connectivity index (χ4v) is 1.01. The zero-order valence-corrected chi connectivity index (χ0v) is 9.18. The first-order valence-corrected chi connectivity index (χ1v) is 4.92. The highest BCUT2D eigenvalue weighted by Gasteiger charge is 2.09. The molecule has 0 fully saturated rings. The van der Waals surface area contributed by atoms with Crippen molar-refractivity contribution in [3.63, 3.8) is 0 Å². The minimum atomic E-state index is -0.490. The predicted octanol–water partition coefficient (Wildman–Crippen LogP) is 1.61. The van der Waals surface area contributed by atoms with E-state index < -0.39 is 5.97 Å². The molecular formula is C11H14N2O3. The SMILES string of the molecule is C=CCCCOC(=O)c1cncc(OC)n1. The van der Waals surface area contributed by atoms with Gasteiger partial charge in [0.25, 0.3) is 0 Å². The number of ether oxygens (including phenoxy) is 2. The molecule has 1 rings (SSSR count). The summed E-state index contributed by atoms with van der Waals surface area (Å²) >= 11 is 0. The maximum absolute atomic E-state index is 11.5. The van der Waals surface area contributed by atoms with Crippen LogP contribution in [0.3, 0.4) is 0 Å². The van der Waals surface area contributed by atoms with Gasteiger partial charge < -0.3 is 9.47 Å². The smallest absolute Gasteiger partial charge is 0.358 e. The molecule has 0 saturated heterocycles. The summed E-state index contributed by atoms with van der Waals surface area (Å²) < 4.78 is 9.84. The van der Waals surface area contributed by atoms with Crippen molar-refractivity contribution in [2.75, 3.05) is 13.7 Å². The molecular weight excluding hydrogens is 208 g/mol. The molecule has 1 aromatic heterocycles. The molecule has 0 unspecified atom stereocenters. The molecule has 0 radical (unpaired) electrons. The van der Waals surface area contributed by atoms with E-state index >= 15 is 0 Å². The minimum Gasteiger partial charge on any atom is -0.480 e. The number of hydrogen-bond donors (Lipinski definition) is 0. The summed E-state index contributed by atoms with van der Waals surface area (Å²) in [5.74, 6) is -0.198. The van der Waals surface area contributed by atoms with Crippen LogP contribution < -0.4 is 4.74 Å².